The van der Waals surface area contributed by atoms with Crippen molar-refractivity contribution in [3.05, 3.63) is 76.4 Å². The third kappa shape index (κ3) is 4.63. The van der Waals surface area contributed by atoms with E-state index in [1.165, 1.54) is 30.4 Å². The molecule has 2 aromatic rings. The summed E-state index contributed by atoms with van der Waals surface area (Å²) in [6.07, 6.45) is 8.41. The Balaban J connectivity index is 1.35. The Bertz CT molecular complexity index is 1170. The number of allylic oxidation sites excluding steroid dienone is 2. The number of fused-ring (bicyclic) bond motifs is 3. The van der Waals surface area contributed by atoms with Gasteiger partial charge in [-0.15, -0.1) is 0 Å². The molecule has 5 rings (SSSR count). The fraction of sp³-hybridized carbons (Fsp3) is 0.531. The van der Waals surface area contributed by atoms with E-state index in [0.717, 1.165) is 25.7 Å². The van der Waals surface area contributed by atoms with Gasteiger partial charge in [-0.2, -0.15) is 0 Å². The molecule has 0 unspecified atom stereocenters. The van der Waals surface area contributed by atoms with E-state index >= 15 is 0 Å². The molecule has 0 aliphatic heterocycles. The van der Waals surface area contributed by atoms with Crippen LogP contribution in [0.5, 0.6) is 5.75 Å². The van der Waals surface area contributed by atoms with Gasteiger partial charge in [0.1, 0.15) is 5.75 Å². The monoisotopic (exact) mass is 502 g/mol. The normalized spacial score (nSPS) is 26.1. The molecule has 3 nitrogen and oxygen atoms in total. The van der Waals surface area contributed by atoms with Crippen LogP contribution >= 0.6 is 0 Å². The summed E-state index contributed by atoms with van der Waals surface area (Å²) < 4.78 is 12.8. The lowest BCUT2D eigenvalue weighted by molar-refractivity contribution is 0.0439. The highest BCUT2D eigenvalue weighted by Gasteiger charge is 2.53. The molecule has 0 aromatic heterocycles. The van der Waals surface area contributed by atoms with E-state index in [1.807, 2.05) is 24.3 Å². The van der Waals surface area contributed by atoms with Crippen molar-refractivity contribution in [1.29, 1.82) is 0 Å². The molecule has 0 amide bonds. The average Bonchev–Trinajstić information content (AvgIpc) is 3.03. The minimum Gasteiger partial charge on any atom is -0.423 e. The van der Waals surface area contributed by atoms with E-state index in [4.69, 9.17) is 9.16 Å². The van der Waals surface area contributed by atoms with Gasteiger partial charge in [0, 0.05) is 0 Å². The number of esters is 1. The maximum absolute atomic E-state index is 12.6. The molecule has 3 aliphatic carbocycles. The third-order valence-electron chi connectivity index (χ3n) is 9.80. The van der Waals surface area contributed by atoms with E-state index in [2.05, 4.69) is 52.9 Å². The lowest BCUT2D eigenvalue weighted by Gasteiger charge is -2.47. The molecular weight excluding hydrogens is 460 g/mol. The van der Waals surface area contributed by atoms with Gasteiger partial charge in [0.2, 0.25) is 0 Å². The molecule has 1 fully saturated rings. The number of hydrogen-bond donors (Lipinski definition) is 0. The van der Waals surface area contributed by atoms with Crippen LogP contribution in [0.1, 0.15) is 81.3 Å². The van der Waals surface area contributed by atoms with Gasteiger partial charge >= 0.3 is 5.97 Å². The minimum atomic E-state index is -1.80. The highest BCUT2D eigenvalue weighted by atomic mass is 28.4. The zero-order valence-corrected chi connectivity index (χ0v) is 23.9. The zero-order valence-electron chi connectivity index (χ0n) is 22.9. The number of hydrogen-bond acceptors (Lipinski definition) is 3. The number of benzene rings is 2. The third-order valence-corrected chi connectivity index (χ3v) is 14.3. The summed E-state index contributed by atoms with van der Waals surface area (Å²) in [7, 11) is -1.80. The van der Waals surface area contributed by atoms with E-state index in [-0.39, 0.29) is 16.4 Å². The van der Waals surface area contributed by atoms with Gasteiger partial charge in [-0.05, 0) is 110 Å². The number of aryl methyl sites for hydroxylation is 1. The molecule has 2 aromatic carbocycles. The van der Waals surface area contributed by atoms with Crippen LogP contribution in [0.25, 0.3) is 0 Å². The summed E-state index contributed by atoms with van der Waals surface area (Å²) in [6.45, 7) is 14.4. The molecule has 0 bridgehead atoms. The largest absolute Gasteiger partial charge is 0.423 e. The Hall–Kier alpha value is -2.17. The lowest BCUT2D eigenvalue weighted by atomic mass is 9.65. The van der Waals surface area contributed by atoms with E-state index in [1.54, 1.807) is 23.3 Å². The highest BCUT2D eigenvalue weighted by Crippen LogP contribution is 2.58. The molecule has 0 heterocycles. The molecule has 192 valence electrons. The molecule has 1 saturated carbocycles. The summed E-state index contributed by atoms with van der Waals surface area (Å²) in [4.78, 5) is 12.6. The van der Waals surface area contributed by atoms with Gasteiger partial charge in [0.05, 0.1) is 11.7 Å². The average molecular weight is 503 g/mol. The van der Waals surface area contributed by atoms with Crippen LogP contribution in [0.2, 0.25) is 18.1 Å². The predicted molar refractivity (Wildman–Crippen MR) is 149 cm³/mol. The zero-order chi connectivity index (χ0) is 25.7. The van der Waals surface area contributed by atoms with Gasteiger partial charge < -0.3 is 9.16 Å². The Morgan fingerprint density at radius 1 is 0.972 bits per heavy atom. The van der Waals surface area contributed by atoms with E-state index < -0.39 is 8.32 Å². The van der Waals surface area contributed by atoms with Crippen LogP contribution in [0.15, 0.2) is 59.7 Å². The summed E-state index contributed by atoms with van der Waals surface area (Å²) in [5.74, 6) is 0.993. The molecule has 3 atom stereocenters. The summed E-state index contributed by atoms with van der Waals surface area (Å²) >= 11 is 0. The van der Waals surface area contributed by atoms with Crippen LogP contribution in [-0.4, -0.2) is 20.4 Å². The second-order valence-electron chi connectivity index (χ2n) is 13.0. The summed E-state index contributed by atoms with van der Waals surface area (Å²) in [6, 6.07) is 15.5. The van der Waals surface area contributed by atoms with Crippen LogP contribution < -0.4 is 4.74 Å². The van der Waals surface area contributed by atoms with Crippen molar-refractivity contribution < 1.29 is 14.0 Å². The number of ether oxygens (including phenoxy) is 1. The first-order valence-corrected chi connectivity index (χ1v) is 16.7. The maximum Gasteiger partial charge on any atom is 0.343 e. The van der Waals surface area contributed by atoms with Gasteiger partial charge in [-0.3, -0.25) is 0 Å². The van der Waals surface area contributed by atoms with Gasteiger partial charge in [0.15, 0.2) is 8.32 Å². The van der Waals surface area contributed by atoms with E-state index in [9.17, 15) is 4.79 Å². The van der Waals surface area contributed by atoms with Crippen molar-refractivity contribution in [3.8, 4) is 5.75 Å². The first-order chi connectivity index (χ1) is 17.0. The first-order valence-electron chi connectivity index (χ1n) is 13.8. The van der Waals surface area contributed by atoms with Crippen molar-refractivity contribution >= 4 is 14.3 Å². The van der Waals surface area contributed by atoms with Crippen molar-refractivity contribution in [2.45, 2.75) is 96.9 Å². The molecule has 4 heteroatoms. The molecular formula is C32H42O3Si. The quantitative estimate of drug-likeness (QED) is 0.183. The fourth-order valence-electron chi connectivity index (χ4n) is 6.53. The Morgan fingerprint density at radius 2 is 1.72 bits per heavy atom. The van der Waals surface area contributed by atoms with E-state index in [0.29, 0.717) is 23.3 Å². The molecule has 0 radical (unpaired) electrons. The first kappa shape index (κ1) is 25.5. The maximum atomic E-state index is 12.6. The van der Waals surface area contributed by atoms with Crippen LogP contribution in [-0.2, 0) is 17.3 Å². The predicted octanol–water partition coefficient (Wildman–Crippen LogP) is 8.29. The summed E-state index contributed by atoms with van der Waals surface area (Å²) in [5, 5.41) is 0.242. The Kier molecular flexibility index (Phi) is 6.57. The lowest BCUT2D eigenvalue weighted by Crippen LogP contribution is -2.48. The van der Waals surface area contributed by atoms with Crippen molar-refractivity contribution in [2.24, 2.45) is 11.3 Å². The van der Waals surface area contributed by atoms with Crippen LogP contribution in [0.3, 0.4) is 0 Å². The summed E-state index contributed by atoms with van der Waals surface area (Å²) in [5.41, 5.74) is 6.91. The number of carbonyl (C=O) groups excluding carboxylic acids is 1. The number of carbonyl (C=O) groups is 1. The van der Waals surface area contributed by atoms with Crippen LogP contribution in [0, 0.1) is 11.3 Å². The Labute approximate surface area is 218 Å². The number of rotatable bonds is 4. The molecule has 36 heavy (non-hydrogen) atoms. The topological polar surface area (TPSA) is 35.5 Å². The minimum absolute atomic E-state index is 0.242. The second-order valence-corrected chi connectivity index (χ2v) is 17.8. The van der Waals surface area contributed by atoms with Gasteiger partial charge in [-0.25, -0.2) is 4.79 Å². The van der Waals surface area contributed by atoms with Crippen molar-refractivity contribution in [3.63, 3.8) is 0 Å². The molecule has 3 aliphatic rings. The SMILES string of the molecule is CC(C)(C)[Si](C)(C)O[C@H]1CC[C@H]2C3=C(CC[C@]12C)Cc1cc(OC(=O)c2ccccc2)ccc1CC3. The molecule has 0 spiro atoms. The van der Waals surface area contributed by atoms with Crippen molar-refractivity contribution in [1.82, 2.24) is 0 Å². The smallest absolute Gasteiger partial charge is 0.343 e. The second kappa shape index (κ2) is 9.29. The highest BCUT2D eigenvalue weighted by molar-refractivity contribution is 6.74. The van der Waals surface area contributed by atoms with Gasteiger partial charge in [0.25, 0.3) is 0 Å². The van der Waals surface area contributed by atoms with Crippen molar-refractivity contribution in [2.75, 3.05) is 0 Å². The molecule has 0 saturated heterocycles. The standard InChI is InChI=1S/C32H42O3Si/c1-31(2,3)36(5,6)35-29-17-16-28-27-15-13-22-12-14-26(34-30(33)23-10-8-7-9-11-23)21-25(22)20-24(27)18-19-32(28,29)4/h7-12,14,21,28-29H,13,15-20H2,1-6H3/t28-,29-,32-/m0/s1. The molecule has 0 N–H and O–H groups in total. The van der Waals surface area contributed by atoms with Crippen LogP contribution in [0.4, 0.5) is 0 Å². The fourth-order valence-corrected chi connectivity index (χ4v) is 7.98. The van der Waals surface area contributed by atoms with Gasteiger partial charge in [-0.1, -0.05) is 63.1 Å². The Morgan fingerprint density at radius 3 is 2.44 bits per heavy atom.